The first kappa shape index (κ1) is 24.3. The SMILES string of the molecule is CCCCN(CC(=O)N(Cc1ccccc1)Cc1cccs1)C(=O)c1ccc(Cl)c(Cl)c1. The van der Waals surface area contributed by atoms with Crippen LogP contribution in [0.1, 0.15) is 40.6 Å². The summed E-state index contributed by atoms with van der Waals surface area (Å²) < 4.78 is 0. The highest BCUT2D eigenvalue weighted by Gasteiger charge is 2.23. The molecule has 0 fully saturated rings. The Hall–Kier alpha value is -2.34. The minimum Gasteiger partial charge on any atom is -0.332 e. The number of unbranched alkanes of at least 4 members (excludes halogenated alkanes) is 1. The lowest BCUT2D eigenvalue weighted by atomic mass is 10.1. The number of rotatable bonds is 10. The Balaban J connectivity index is 1.80. The van der Waals surface area contributed by atoms with Crippen molar-refractivity contribution in [2.45, 2.75) is 32.9 Å². The summed E-state index contributed by atoms with van der Waals surface area (Å²) in [6, 6.07) is 18.7. The van der Waals surface area contributed by atoms with Crippen LogP contribution in [-0.2, 0) is 17.9 Å². The highest BCUT2D eigenvalue weighted by Crippen LogP contribution is 2.23. The van der Waals surface area contributed by atoms with Crippen molar-refractivity contribution in [3.05, 3.63) is 92.1 Å². The highest BCUT2D eigenvalue weighted by atomic mass is 35.5. The first-order chi connectivity index (χ1) is 15.5. The third-order valence-corrected chi connectivity index (χ3v) is 6.66. The molecular weight excluding hydrogens is 463 g/mol. The molecule has 2 amide bonds. The molecular formula is C25H26Cl2N2O2S. The van der Waals surface area contributed by atoms with Gasteiger partial charge in [-0.15, -0.1) is 11.3 Å². The van der Waals surface area contributed by atoms with Crippen LogP contribution in [0, 0.1) is 0 Å². The lowest BCUT2D eigenvalue weighted by Gasteiger charge is -2.28. The van der Waals surface area contributed by atoms with Crippen molar-refractivity contribution in [3.8, 4) is 0 Å². The van der Waals surface area contributed by atoms with E-state index in [1.165, 1.54) is 0 Å². The fourth-order valence-corrected chi connectivity index (χ4v) is 4.32. The Morgan fingerprint density at radius 3 is 2.34 bits per heavy atom. The van der Waals surface area contributed by atoms with E-state index < -0.39 is 0 Å². The molecule has 3 aromatic rings. The number of benzene rings is 2. The standard InChI is InChI=1S/C25H26Cl2N2O2S/c1-2-3-13-28(25(31)20-11-12-22(26)23(27)15-20)18-24(30)29(17-21-10-7-14-32-21)16-19-8-5-4-6-9-19/h4-12,14-15H,2-3,13,16-18H2,1H3. The molecule has 0 aliphatic rings. The summed E-state index contributed by atoms with van der Waals surface area (Å²) in [6.45, 7) is 3.56. The molecule has 1 heterocycles. The van der Waals surface area contributed by atoms with Crippen LogP contribution in [0.4, 0.5) is 0 Å². The van der Waals surface area contributed by atoms with Gasteiger partial charge in [-0.25, -0.2) is 0 Å². The molecule has 0 aliphatic heterocycles. The van der Waals surface area contributed by atoms with Crippen LogP contribution in [-0.4, -0.2) is 34.7 Å². The zero-order chi connectivity index (χ0) is 22.9. The van der Waals surface area contributed by atoms with E-state index in [1.54, 1.807) is 34.4 Å². The molecule has 1 aromatic heterocycles. The fraction of sp³-hybridized carbons (Fsp3) is 0.280. The Morgan fingerprint density at radius 2 is 1.69 bits per heavy atom. The third-order valence-electron chi connectivity index (χ3n) is 5.06. The maximum Gasteiger partial charge on any atom is 0.254 e. The predicted molar refractivity (Wildman–Crippen MR) is 132 cm³/mol. The maximum atomic E-state index is 13.4. The van der Waals surface area contributed by atoms with Gasteiger partial charge in [0, 0.05) is 23.5 Å². The van der Waals surface area contributed by atoms with Crippen LogP contribution < -0.4 is 0 Å². The van der Waals surface area contributed by atoms with Gasteiger partial charge >= 0.3 is 0 Å². The molecule has 7 heteroatoms. The lowest BCUT2D eigenvalue weighted by Crippen LogP contribution is -2.42. The number of carbonyl (C=O) groups excluding carboxylic acids is 2. The fourth-order valence-electron chi connectivity index (χ4n) is 3.30. The first-order valence-corrected chi connectivity index (χ1v) is 12.2. The topological polar surface area (TPSA) is 40.6 Å². The van der Waals surface area contributed by atoms with Crippen LogP contribution in [0.15, 0.2) is 66.0 Å². The Morgan fingerprint density at radius 1 is 0.906 bits per heavy atom. The number of hydrogen-bond donors (Lipinski definition) is 0. The first-order valence-electron chi connectivity index (χ1n) is 10.6. The van der Waals surface area contributed by atoms with E-state index in [9.17, 15) is 9.59 Å². The van der Waals surface area contributed by atoms with Gasteiger partial charge in [-0.3, -0.25) is 9.59 Å². The van der Waals surface area contributed by atoms with Crippen molar-refractivity contribution in [2.75, 3.05) is 13.1 Å². The Labute approximate surface area is 203 Å². The van der Waals surface area contributed by atoms with Crippen molar-refractivity contribution in [3.63, 3.8) is 0 Å². The summed E-state index contributed by atoms with van der Waals surface area (Å²) in [5, 5.41) is 2.72. The van der Waals surface area contributed by atoms with Crippen molar-refractivity contribution < 1.29 is 9.59 Å². The van der Waals surface area contributed by atoms with Gasteiger partial charge in [0.15, 0.2) is 0 Å². The quantitative estimate of drug-likeness (QED) is 0.325. The zero-order valence-corrected chi connectivity index (χ0v) is 20.3. The predicted octanol–water partition coefficient (Wildman–Crippen LogP) is 6.53. The van der Waals surface area contributed by atoms with Crippen molar-refractivity contribution >= 4 is 46.4 Å². The van der Waals surface area contributed by atoms with Gasteiger partial charge < -0.3 is 9.80 Å². The second kappa shape index (κ2) is 12.0. The normalized spacial score (nSPS) is 10.7. The lowest BCUT2D eigenvalue weighted by molar-refractivity contribution is -0.133. The largest absolute Gasteiger partial charge is 0.332 e. The van der Waals surface area contributed by atoms with Crippen LogP contribution in [0.25, 0.3) is 0 Å². The zero-order valence-electron chi connectivity index (χ0n) is 18.0. The van der Waals surface area contributed by atoms with E-state index in [0.29, 0.717) is 35.2 Å². The molecule has 32 heavy (non-hydrogen) atoms. The van der Waals surface area contributed by atoms with Crippen LogP contribution in [0.2, 0.25) is 10.0 Å². The van der Waals surface area contributed by atoms with Gasteiger partial charge in [0.1, 0.15) is 6.54 Å². The molecule has 0 N–H and O–H groups in total. The minimum absolute atomic E-state index is 0.0112. The van der Waals surface area contributed by atoms with Gasteiger partial charge in [0.25, 0.3) is 5.91 Å². The molecule has 0 saturated heterocycles. The molecule has 0 saturated carbocycles. The smallest absolute Gasteiger partial charge is 0.254 e. The van der Waals surface area contributed by atoms with Crippen molar-refractivity contribution in [1.29, 1.82) is 0 Å². The number of hydrogen-bond acceptors (Lipinski definition) is 3. The van der Waals surface area contributed by atoms with E-state index in [0.717, 1.165) is 23.3 Å². The van der Waals surface area contributed by atoms with E-state index >= 15 is 0 Å². The number of amides is 2. The summed E-state index contributed by atoms with van der Waals surface area (Å²) in [5.74, 6) is -0.312. The van der Waals surface area contributed by atoms with E-state index in [1.807, 2.05) is 52.7 Å². The van der Waals surface area contributed by atoms with Gasteiger partial charge in [0.05, 0.1) is 16.6 Å². The second-order valence-corrected chi connectivity index (χ2v) is 9.37. The third kappa shape index (κ3) is 6.83. The summed E-state index contributed by atoms with van der Waals surface area (Å²) in [7, 11) is 0. The van der Waals surface area contributed by atoms with Crippen LogP contribution in [0.5, 0.6) is 0 Å². The molecule has 0 bridgehead atoms. The molecule has 0 unspecified atom stereocenters. The van der Waals surface area contributed by atoms with Crippen LogP contribution >= 0.6 is 34.5 Å². The Bertz CT molecular complexity index is 1030. The van der Waals surface area contributed by atoms with Crippen molar-refractivity contribution in [1.82, 2.24) is 9.80 Å². The number of halogens is 2. The second-order valence-electron chi connectivity index (χ2n) is 7.52. The van der Waals surface area contributed by atoms with Gasteiger partial charge in [-0.05, 0) is 41.6 Å². The average Bonchev–Trinajstić information content (AvgIpc) is 3.31. The van der Waals surface area contributed by atoms with Crippen molar-refractivity contribution in [2.24, 2.45) is 0 Å². The molecule has 4 nitrogen and oxygen atoms in total. The molecule has 0 aliphatic carbocycles. The molecule has 3 rings (SSSR count). The van der Waals surface area contributed by atoms with E-state index in [-0.39, 0.29) is 18.4 Å². The average molecular weight is 489 g/mol. The molecule has 0 atom stereocenters. The molecule has 2 aromatic carbocycles. The van der Waals surface area contributed by atoms with Gasteiger partial charge in [-0.1, -0.05) is 72.9 Å². The van der Waals surface area contributed by atoms with Gasteiger partial charge in [-0.2, -0.15) is 0 Å². The summed E-state index contributed by atoms with van der Waals surface area (Å²) in [5.41, 5.74) is 1.48. The molecule has 168 valence electrons. The number of nitrogens with zero attached hydrogens (tertiary/aromatic N) is 2. The van der Waals surface area contributed by atoms with E-state index in [2.05, 4.69) is 6.92 Å². The van der Waals surface area contributed by atoms with Crippen LogP contribution in [0.3, 0.4) is 0 Å². The molecule has 0 radical (unpaired) electrons. The summed E-state index contributed by atoms with van der Waals surface area (Å²) >= 11 is 13.7. The Kier molecular flexibility index (Phi) is 9.15. The molecule has 0 spiro atoms. The highest BCUT2D eigenvalue weighted by molar-refractivity contribution is 7.09. The summed E-state index contributed by atoms with van der Waals surface area (Å²) in [6.07, 6.45) is 1.73. The van der Waals surface area contributed by atoms with E-state index in [4.69, 9.17) is 23.2 Å². The number of carbonyl (C=O) groups is 2. The summed E-state index contributed by atoms with van der Waals surface area (Å²) in [4.78, 5) is 31.1. The monoisotopic (exact) mass is 488 g/mol. The van der Waals surface area contributed by atoms with Gasteiger partial charge in [0.2, 0.25) is 5.91 Å². The minimum atomic E-state index is -0.221. The number of thiophene rings is 1. The maximum absolute atomic E-state index is 13.4.